The van der Waals surface area contributed by atoms with Crippen molar-refractivity contribution in [2.24, 2.45) is 0 Å². The highest BCUT2D eigenvalue weighted by Gasteiger charge is 2.85. The average Bonchev–Trinajstić information content (AvgIpc) is 2.43. The van der Waals surface area contributed by atoms with Crippen LogP contribution >= 0.6 is 0 Å². The average molecular weight is 529 g/mol. The third-order valence-corrected chi connectivity index (χ3v) is 13.5. The van der Waals surface area contributed by atoms with Crippen LogP contribution in [0.2, 0.25) is 0 Å². The van der Waals surface area contributed by atoms with Crippen molar-refractivity contribution in [2.45, 2.75) is 34.7 Å². The molecule has 0 saturated heterocycles. The summed E-state index contributed by atoms with van der Waals surface area (Å²) in [5, 5.41) is -16.1. The van der Waals surface area contributed by atoms with Gasteiger partial charge in [0, 0.05) is 0 Å². The first-order chi connectivity index (χ1) is 12.0. The molecule has 0 spiro atoms. The van der Waals surface area contributed by atoms with Crippen molar-refractivity contribution < 1.29 is 82.5 Å². The van der Waals surface area contributed by atoms with Crippen molar-refractivity contribution in [2.75, 3.05) is 0 Å². The van der Waals surface area contributed by atoms with E-state index in [0.717, 1.165) is 0 Å². The van der Waals surface area contributed by atoms with Gasteiger partial charge in [0.2, 0.25) is 0 Å². The molecular weight excluding hydrogens is 528 g/mol. The van der Waals surface area contributed by atoms with Gasteiger partial charge in [-0.1, -0.05) is 0 Å². The fourth-order valence-electron chi connectivity index (χ4n) is 1.04. The molecule has 0 radical (unpaired) electrons. The van der Waals surface area contributed by atoms with Crippen LogP contribution in [0.15, 0.2) is 0 Å². The van der Waals surface area contributed by atoms with Crippen LogP contribution in [0.1, 0.15) is 0 Å². The molecule has 6 nitrogen and oxygen atoms in total. The van der Waals surface area contributed by atoms with E-state index in [4.69, 9.17) is 4.78 Å². The first-order valence-electron chi connectivity index (χ1n) is 5.42. The molecule has 0 aromatic carbocycles. The summed E-state index contributed by atoms with van der Waals surface area (Å²) in [6, 6.07) is 0. The lowest BCUT2D eigenvalue weighted by molar-refractivity contribution is -0.331. The maximum atomic E-state index is 13.1. The van der Waals surface area contributed by atoms with E-state index in [1.807, 2.05) is 0 Å². The van der Waals surface area contributed by atoms with Crippen molar-refractivity contribution >= 4 is 25.5 Å². The van der Waals surface area contributed by atoms with Gasteiger partial charge in [-0.2, -0.15) is 61.5 Å². The second-order valence-corrected chi connectivity index (χ2v) is 14.4. The van der Waals surface area contributed by atoms with Crippen molar-refractivity contribution in [3.8, 4) is 0 Å². The standard InChI is InChI=1S/C6HF14NO5S3/c7-1(8,3(11,12)13)5(17,18)27(22,23)29(21,26)28(24,25)6(19,20)2(9,10)4(14,15)16/h21H. The van der Waals surface area contributed by atoms with Crippen LogP contribution < -0.4 is 0 Å². The third kappa shape index (κ3) is 3.31. The molecule has 176 valence electrons. The number of nitrogens with one attached hydrogen (secondary N) is 1. The molecule has 0 heterocycles. The Bertz CT molecular complexity index is 896. The Balaban J connectivity index is 7.12. The molecule has 0 aromatic heterocycles. The molecule has 0 unspecified atom stereocenters. The number of hydrogen-bond donors (Lipinski definition) is 1. The van der Waals surface area contributed by atoms with Gasteiger partial charge >= 0.3 is 52.4 Å². The summed E-state index contributed by atoms with van der Waals surface area (Å²) >= 11 is 0. The zero-order valence-corrected chi connectivity index (χ0v) is 14.5. The monoisotopic (exact) mass is 529 g/mol. The smallest absolute Gasteiger partial charge is 0.227 e. The van der Waals surface area contributed by atoms with Crippen LogP contribution in [0.4, 0.5) is 61.5 Å². The maximum Gasteiger partial charge on any atom is 0.461 e. The summed E-state index contributed by atoms with van der Waals surface area (Å²) in [6.45, 7) is 0. The Kier molecular flexibility index (Phi) is 6.18. The molecule has 0 fully saturated rings. The van der Waals surface area contributed by atoms with Gasteiger partial charge in [-0.3, -0.25) is 0 Å². The molecule has 0 aromatic rings. The van der Waals surface area contributed by atoms with Crippen LogP contribution in [0.5, 0.6) is 0 Å². The first-order valence-corrected chi connectivity index (χ1v) is 11.0. The Morgan fingerprint density at radius 1 is 0.448 bits per heavy atom. The molecule has 0 atom stereocenters. The summed E-state index contributed by atoms with van der Waals surface area (Å²) in [7, 11) is -26.4. The second kappa shape index (κ2) is 6.43. The minimum atomic E-state index is -8.90. The third-order valence-electron chi connectivity index (χ3n) is 2.65. The summed E-state index contributed by atoms with van der Waals surface area (Å²) in [5.41, 5.74) is 0. The highest BCUT2D eigenvalue weighted by molar-refractivity contribution is 9.00. The highest BCUT2D eigenvalue weighted by Crippen LogP contribution is 2.55. The van der Waals surface area contributed by atoms with E-state index in [-0.39, 0.29) is 0 Å². The van der Waals surface area contributed by atoms with Gasteiger partial charge < -0.3 is 0 Å². The normalized spacial score (nSPS) is 16.8. The molecule has 29 heavy (non-hydrogen) atoms. The summed E-state index contributed by atoms with van der Waals surface area (Å²) in [5.74, 6) is -15.9. The van der Waals surface area contributed by atoms with E-state index in [1.54, 1.807) is 0 Å². The fourth-order valence-corrected chi connectivity index (χ4v) is 9.33. The zero-order valence-electron chi connectivity index (χ0n) is 12.1. The lowest BCUT2D eigenvalue weighted by Crippen LogP contribution is -2.61. The van der Waals surface area contributed by atoms with Crippen LogP contribution in [-0.4, -0.2) is 55.8 Å². The quantitative estimate of drug-likeness (QED) is 0.420. The fraction of sp³-hybridized carbons (Fsp3) is 1.00. The second-order valence-electron chi connectivity index (χ2n) is 4.54. The van der Waals surface area contributed by atoms with E-state index in [2.05, 4.69) is 0 Å². The highest BCUT2D eigenvalue weighted by atomic mass is 33.6. The Morgan fingerprint density at radius 3 is 0.759 bits per heavy atom. The van der Waals surface area contributed by atoms with Gasteiger partial charge in [0.15, 0.2) is 0 Å². The van der Waals surface area contributed by atoms with Crippen molar-refractivity contribution in [1.82, 2.24) is 0 Å². The minimum absolute atomic E-state index is 6.00. The van der Waals surface area contributed by atoms with E-state index in [1.165, 1.54) is 0 Å². The molecule has 0 aliphatic carbocycles. The van der Waals surface area contributed by atoms with Crippen LogP contribution in [0, 0.1) is 4.78 Å². The predicted octanol–water partition coefficient (Wildman–Crippen LogP) is 3.27. The molecule has 0 amide bonds. The molecule has 23 heteroatoms. The SMILES string of the molecule is N=S(=O)(S(=O)(=O)C(F)(F)C(F)(F)C(F)(F)F)S(=O)(=O)C(F)(F)C(F)(F)C(F)(F)F. The van der Waals surface area contributed by atoms with Gasteiger partial charge in [-0.05, 0) is 0 Å². The van der Waals surface area contributed by atoms with E-state index < -0.39 is 60.2 Å². The molecular formula is C6HF14NO5S3. The van der Waals surface area contributed by atoms with E-state index in [0.29, 0.717) is 0 Å². The van der Waals surface area contributed by atoms with Crippen LogP contribution in [0.3, 0.4) is 0 Å². The van der Waals surface area contributed by atoms with E-state index >= 15 is 0 Å². The number of hydrogen-bond acceptors (Lipinski definition) is 6. The van der Waals surface area contributed by atoms with Gasteiger partial charge in [0.25, 0.3) is 7.79 Å². The topological polar surface area (TPSA) is 109 Å². The first kappa shape index (κ1) is 27.9. The van der Waals surface area contributed by atoms with Crippen LogP contribution in [0.25, 0.3) is 0 Å². The Labute approximate surface area is 148 Å². The Morgan fingerprint density at radius 2 is 0.621 bits per heavy atom. The lowest BCUT2D eigenvalue weighted by atomic mass is 10.3. The molecule has 0 rings (SSSR count). The van der Waals surface area contributed by atoms with Crippen molar-refractivity contribution in [3.05, 3.63) is 0 Å². The Hall–Kier alpha value is -1.13. The molecule has 0 aliphatic rings. The largest absolute Gasteiger partial charge is 0.461 e. The van der Waals surface area contributed by atoms with E-state index in [9.17, 15) is 82.5 Å². The maximum absolute atomic E-state index is 13.1. The molecule has 1 N–H and O–H groups in total. The van der Waals surface area contributed by atoms with Gasteiger partial charge in [0.1, 0.15) is 0 Å². The van der Waals surface area contributed by atoms with Crippen molar-refractivity contribution in [3.63, 3.8) is 0 Å². The van der Waals surface area contributed by atoms with Crippen molar-refractivity contribution in [1.29, 1.82) is 4.78 Å². The molecule has 0 aliphatic heterocycles. The summed E-state index contributed by atoms with van der Waals surface area (Å²) in [6.07, 6.45) is -15.3. The minimum Gasteiger partial charge on any atom is -0.227 e. The zero-order chi connectivity index (χ0) is 24.5. The van der Waals surface area contributed by atoms with Gasteiger partial charge in [0.05, 0.1) is 0 Å². The summed E-state index contributed by atoms with van der Waals surface area (Å²) < 4.78 is 236. The van der Waals surface area contributed by atoms with Gasteiger partial charge in [-0.25, -0.2) is 25.8 Å². The number of alkyl halides is 14. The number of rotatable bonds is 6. The van der Waals surface area contributed by atoms with Gasteiger partial charge in [-0.15, -0.1) is 0 Å². The molecule has 0 bridgehead atoms. The molecule has 0 saturated carbocycles. The van der Waals surface area contributed by atoms with Crippen LogP contribution in [-0.2, 0) is 25.5 Å². The lowest BCUT2D eigenvalue weighted by Gasteiger charge is -2.30. The summed E-state index contributed by atoms with van der Waals surface area (Å²) in [4.78, 5) is 0. The number of halogens is 14. The predicted molar refractivity (Wildman–Crippen MR) is 60.6 cm³/mol.